The Hall–Kier alpha value is -0.450. The first-order valence-corrected chi connectivity index (χ1v) is 7.36. The first kappa shape index (κ1) is 15.6. The standard InChI is InChI=1S/C14H24BrN3/c1-11(2)18(12(3)4)6-5-16-8-13-7-14(15)10-17-9-13/h7,9-12,16H,5-6,8H2,1-4H3. The molecule has 0 atom stereocenters. The summed E-state index contributed by atoms with van der Waals surface area (Å²) in [5.41, 5.74) is 1.21. The molecule has 0 aromatic carbocycles. The molecular formula is C14H24BrN3. The molecule has 0 fully saturated rings. The van der Waals surface area contributed by atoms with E-state index in [1.54, 1.807) is 0 Å². The van der Waals surface area contributed by atoms with Gasteiger partial charge in [0.2, 0.25) is 0 Å². The predicted molar refractivity (Wildman–Crippen MR) is 80.6 cm³/mol. The van der Waals surface area contributed by atoms with Gasteiger partial charge < -0.3 is 5.32 Å². The number of nitrogens with zero attached hydrogens (tertiary/aromatic N) is 2. The minimum Gasteiger partial charge on any atom is -0.311 e. The molecule has 0 unspecified atom stereocenters. The summed E-state index contributed by atoms with van der Waals surface area (Å²) in [4.78, 5) is 6.65. The summed E-state index contributed by atoms with van der Waals surface area (Å²) in [5, 5.41) is 3.47. The zero-order chi connectivity index (χ0) is 13.5. The molecular weight excluding hydrogens is 290 g/mol. The molecule has 0 aliphatic heterocycles. The smallest absolute Gasteiger partial charge is 0.0410 e. The SMILES string of the molecule is CC(C)N(CCNCc1cncc(Br)c1)C(C)C. The van der Waals surface area contributed by atoms with Crippen LogP contribution in [0.1, 0.15) is 33.3 Å². The van der Waals surface area contributed by atoms with E-state index in [1.807, 2.05) is 12.4 Å². The van der Waals surface area contributed by atoms with E-state index in [0.717, 1.165) is 24.1 Å². The van der Waals surface area contributed by atoms with Crippen molar-refractivity contribution in [3.8, 4) is 0 Å². The summed E-state index contributed by atoms with van der Waals surface area (Å²) in [7, 11) is 0. The molecule has 0 aliphatic carbocycles. The molecule has 18 heavy (non-hydrogen) atoms. The normalized spacial score (nSPS) is 11.8. The molecule has 1 rings (SSSR count). The Kier molecular flexibility index (Phi) is 6.82. The number of nitrogens with one attached hydrogen (secondary N) is 1. The van der Waals surface area contributed by atoms with Gasteiger partial charge >= 0.3 is 0 Å². The van der Waals surface area contributed by atoms with Gasteiger partial charge in [0.05, 0.1) is 0 Å². The second-order valence-corrected chi connectivity index (χ2v) is 6.03. The van der Waals surface area contributed by atoms with Crippen molar-refractivity contribution in [2.45, 2.75) is 46.3 Å². The van der Waals surface area contributed by atoms with Gasteiger partial charge in [0.1, 0.15) is 0 Å². The molecule has 4 heteroatoms. The average Bonchev–Trinajstić information content (AvgIpc) is 2.27. The number of rotatable bonds is 7. The van der Waals surface area contributed by atoms with E-state index < -0.39 is 0 Å². The second kappa shape index (κ2) is 7.87. The van der Waals surface area contributed by atoms with E-state index in [2.05, 4.69) is 64.9 Å². The Bertz CT molecular complexity index is 345. The third-order valence-electron chi connectivity index (χ3n) is 2.96. The summed E-state index contributed by atoms with van der Waals surface area (Å²) in [6, 6.07) is 3.29. The maximum atomic E-state index is 4.16. The van der Waals surface area contributed by atoms with Gasteiger partial charge in [0, 0.05) is 48.6 Å². The van der Waals surface area contributed by atoms with Crippen LogP contribution in [-0.4, -0.2) is 35.1 Å². The van der Waals surface area contributed by atoms with Gasteiger partial charge in [-0.2, -0.15) is 0 Å². The molecule has 102 valence electrons. The Balaban J connectivity index is 2.30. The van der Waals surface area contributed by atoms with Gasteiger partial charge in [-0.15, -0.1) is 0 Å². The maximum Gasteiger partial charge on any atom is 0.0410 e. The van der Waals surface area contributed by atoms with Gasteiger partial charge in [-0.3, -0.25) is 9.88 Å². The Morgan fingerprint density at radius 3 is 2.44 bits per heavy atom. The molecule has 0 saturated carbocycles. The molecule has 0 aliphatic rings. The summed E-state index contributed by atoms with van der Waals surface area (Å²) in [6.07, 6.45) is 3.71. The van der Waals surface area contributed by atoms with Crippen molar-refractivity contribution in [1.29, 1.82) is 0 Å². The monoisotopic (exact) mass is 313 g/mol. The zero-order valence-electron chi connectivity index (χ0n) is 11.8. The first-order chi connectivity index (χ1) is 8.50. The number of hydrogen-bond donors (Lipinski definition) is 1. The largest absolute Gasteiger partial charge is 0.311 e. The fraction of sp³-hybridized carbons (Fsp3) is 0.643. The minimum absolute atomic E-state index is 0.597. The van der Waals surface area contributed by atoms with Crippen LogP contribution in [0.5, 0.6) is 0 Å². The summed E-state index contributed by atoms with van der Waals surface area (Å²) >= 11 is 3.43. The van der Waals surface area contributed by atoms with Crippen molar-refractivity contribution in [2.24, 2.45) is 0 Å². The van der Waals surface area contributed by atoms with Crippen molar-refractivity contribution < 1.29 is 0 Å². The average molecular weight is 314 g/mol. The van der Waals surface area contributed by atoms with E-state index in [4.69, 9.17) is 0 Å². The lowest BCUT2D eigenvalue weighted by atomic mass is 10.2. The molecule has 0 saturated heterocycles. The number of hydrogen-bond acceptors (Lipinski definition) is 3. The Labute approximate surface area is 119 Å². The van der Waals surface area contributed by atoms with Crippen LogP contribution in [0, 0.1) is 0 Å². The van der Waals surface area contributed by atoms with Crippen LogP contribution in [0.4, 0.5) is 0 Å². The highest BCUT2D eigenvalue weighted by Gasteiger charge is 2.11. The molecule has 0 radical (unpaired) electrons. The van der Waals surface area contributed by atoms with Crippen LogP contribution in [0.3, 0.4) is 0 Å². The van der Waals surface area contributed by atoms with Crippen molar-refractivity contribution in [3.05, 3.63) is 28.5 Å². The number of pyridine rings is 1. The van der Waals surface area contributed by atoms with E-state index in [0.29, 0.717) is 12.1 Å². The van der Waals surface area contributed by atoms with E-state index in [9.17, 15) is 0 Å². The van der Waals surface area contributed by atoms with Gasteiger partial charge in [-0.05, 0) is 55.3 Å². The van der Waals surface area contributed by atoms with Crippen LogP contribution in [0.2, 0.25) is 0 Å². The van der Waals surface area contributed by atoms with Crippen molar-refractivity contribution in [3.63, 3.8) is 0 Å². The van der Waals surface area contributed by atoms with E-state index in [-0.39, 0.29) is 0 Å². The third-order valence-corrected chi connectivity index (χ3v) is 3.40. The highest BCUT2D eigenvalue weighted by molar-refractivity contribution is 9.10. The minimum atomic E-state index is 0.597. The fourth-order valence-electron chi connectivity index (χ4n) is 2.11. The van der Waals surface area contributed by atoms with Crippen LogP contribution in [-0.2, 0) is 6.54 Å². The van der Waals surface area contributed by atoms with Crippen LogP contribution in [0.15, 0.2) is 22.9 Å². The zero-order valence-corrected chi connectivity index (χ0v) is 13.4. The molecule has 0 amide bonds. The van der Waals surface area contributed by atoms with Gasteiger partial charge in [0.15, 0.2) is 0 Å². The first-order valence-electron chi connectivity index (χ1n) is 6.56. The molecule has 1 N–H and O–H groups in total. The second-order valence-electron chi connectivity index (χ2n) is 5.11. The Morgan fingerprint density at radius 2 is 1.89 bits per heavy atom. The van der Waals surface area contributed by atoms with E-state index >= 15 is 0 Å². The van der Waals surface area contributed by atoms with Crippen LogP contribution in [0.25, 0.3) is 0 Å². The van der Waals surface area contributed by atoms with Gasteiger partial charge in [0.25, 0.3) is 0 Å². The highest BCUT2D eigenvalue weighted by atomic mass is 79.9. The molecule has 3 nitrogen and oxygen atoms in total. The summed E-state index contributed by atoms with van der Waals surface area (Å²) < 4.78 is 1.03. The topological polar surface area (TPSA) is 28.2 Å². The number of aromatic nitrogens is 1. The van der Waals surface area contributed by atoms with Crippen LogP contribution >= 0.6 is 15.9 Å². The fourth-order valence-corrected chi connectivity index (χ4v) is 2.52. The van der Waals surface area contributed by atoms with Crippen molar-refractivity contribution in [1.82, 2.24) is 15.2 Å². The van der Waals surface area contributed by atoms with Crippen molar-refractivity contribution in [2.75, 3.05) is 13.1 Å². The molecule has 1 heterocycles. The Morgan fingerprint density at radius 1 is 1.22 bits per heavy atom. The lowest BCUT2D eigenvalue weighted by Crippen LogP contribution is -2.41. The molecule has 0 spiro atoms. The quantitative estimate of drug-likeness (QED) is 0.784. The highest BCUT2D eigenvalue weighted by Crippen LogP contribution is 2.09. The van der Waals surface area contributed by atoms with Crippen LogP contribution < -0.4 is 5.32 Å². The number of halogens is 1. The summed E-state index contributed by atoms with van der Waals surface area (Å²) in [6.45, 7) is 11.9. The third kappa shape index (κ3) is 5.46. The van der Waals surface area contributed by atoms with Crippen molar-refractivity contribution >= 4 is 15.9 Å². The van der Waals surface area contributed by atoms with Gasteiger partial charge in [-0.25, -0.2) is 0 Å². The van der Waals surface area contributed by atoms with Gasteiger partial charge in [-0.1, -0.05) is 0 Å². The molecule has 0 bridgehead atoms. The summed E-state index contributed by atoms with van der Waals surface area (Å²) in [5.74, 6) is 0. The van der Waals surface area contributed by atoms with E-state index in [1.165, 1.54) is 5.56 Å². The molecule has 1 aromatic rings. The molecule has 1 aromatic heterocycles. The maximum absolute atomic E-state index is 4.16. The lowest BCUT2D eigenvalue weighted by Gasteiger charge is -2.30. The lowest BCUT2D eigenvalue weighted by molar-refractivity contribution is 0.176. The predicted octanol–water partition coefficient (Wildman–Crippen LogP) is 3.05.